The van der Waals surface area contributed by atoms with Crippen molar-refractivity contribution in [1.82, 2.24) is 20.5 Å². The van der Waals surface area contributed by atoms with Gasteiger partial charge in [0.05, 0.1) is 12.6 Å². The van der Waals surface area contributed by atoms with E-state index in [0.717, 1.165) is 44.3 Å². The first-order chi connectivity index (χ1) is 11.2. The van der Waals surface area contributed by atoms with Crippen LogP contribution in [-0.2, 0) is 4.74 Å². The van der Waals surface area contributed by atoms with Gasteiger partial charge in [-0.1, -0.05) is 0 Å². The molecular weight excluding hydrogens is 312 g/mol. The minimum atomic E-state index is -0.0826. The Morgan fingerprint density at radius 1 is 1.48 bits per heavy atom. The molecule has 2 heterocycles. The van der Waals surface area contributed by atoms with Gasteiger partial charge in [-0.25, -0.2) is 9.78 Å². The van der Waals surface area contributed by atoms with Gasteiger partial charge in [-0.2, -0.15) is 0 Å². The van der Waals surface area contributed by atoms with Crippen LogP contribution in [0.4, 0.5) is 4.79 Å². The van der Waals surface area contributed by atoms with E-state index in [1.165, 1.54) is 17.7 Å². The van der Waals surface area contributed by atoms with E-state index in [9.17, 15) is 4.79 Å². The molecule has 1 aromatic rings. The molecule has 6 nitrogen and oxygen atoms in total. The normalized spacial score (nSPS) is 20.7. The Bertz CT molecular complexity index is 510. The maximum absolute atomic E-state index is 12.2. The van der Waals surface area contributed by atoms with E-state index in [1.54, 1.807) is 11.3 Å². The average Bonchev–Trinajstić information content (AvgIpc) is 3.32. The Morgan fingerprint density at radius 3 is 3.09 bits per heavy atom. The average molecular weight is 338 g/mol. The molecule has 2 amide bonds. The fraction of sp³-hybridized carbons (Fsp3) is 0.750. The SMILES string of the molecule is Cc1cnc([C@H](NC(=O)NCCN2CCCOCC2)C2CC2)s1. The molecule has 2 fully saturated rings. The van der Waals surface area contributed by atoms with Crippen LogP contribution in [0, 0.1) is 12.8 Å². The third-order valence-electron chi connectivity index (χ3n) is 4.31. The van der Waals surface area contributed by atoms with Crippen molar-refractivity contribution in [2.45, 2.75) is 32.2 Å². The number of amides is 2. The molecule has 23 heavy (non-hydrogen) atoms. The molecule has 128 valence electrons. The van der Waals surface area contributed by atoms with Crippen LogP contribution in [0.25, 0.3) is 0 Å². The Kier molecular flexibility index (Phi) is 5.85. The number of rotatable bonds is 6. The Morgan fingerprint density at radius 2 is 2.35 bits per heavy atom. The van der Waals surface area contributed by atoms with Gasteiger partial charge in [-0.3, -0.25) is 4.90 Å². The van der Waals surface area contributed by atoms with Gasteiger partial charge in [0.2, 0.25) is 0 Å². The monoisotopic (exact) mass is 338 g/mol. The molecule has 1 aromatic heterocycles. The molecule has 1 saturated heterocycles. The minimum absolute atomic E-state index is 0.0697. The van der Waals surface area contributed by atoms with Crippen molar-refractivity contribution in [3.05, 3.63) is 16.1 Å². The number of hydrogen-bond donors (Lipinski definition) is 2. The van der Waals surface area contributed by atoms with Crippen LogP contribution in [0.15, 0.2) is 6.20 Å². The Balaban J connectivity index is 1.42. The number of thiazole rings is 1. The molecule has 1 atom stereocenters. The van der Waals surface area contributed by atoms with Gasteiger partial charge in [0.15, 0.2) is 0 Å². The lowest BCUT2D eigenvalue weighted by Crippen LogP contribution is -2.42. The largest absolute Gasteiger partial charge is 0.380 e. The third-order valence-corrected chi connectivity index (χ3v) is 5.31. The summed E-state index contributed by atoms with van der Waals surface area (Å²) in [6.45, 7) is 7.23. The minimum Gasteiger partial charge on any atom is -0.380 e. The number of hydrogen-bond acceptors (Lipinski definition) is 5. The first-order valence-electron chi connectivity index (χ1n) is 8.49. The van der Waals surface area contributed by atoms with E-state index in [4.69, 9.17) is 4.74 Å². The third kappa shape index (κ3) is 5.16. The molecule has 0 unspecified atom stereocenters. The number of nitrogens with zero attached hydrogens (tertiary/aromatic N) is 2. The molecule has 0 spiro atoms. The van der Waals surface area contributed by atoms with Crippen molar-refractivity contribution in [3.63, 3.8) is 0 Å². The maximum Gasteiger partial charge on any atom is 0.315 e. The smallest absolute Gasteiger partial charge is 0.315 e. The van der Waals surface area contributed by atoms with Crippen LogP contribution >= 0.6 is 11.3 Å². The molecule has 0 aromatic carbocycles. The fourth-order valence-electron chi connectivity index (χ4n) is 2.87. The second kappa shape index (κ2) is 8.08. The summed E-state index contributed by atoms with van der Waals surface area (Å²) in [6, 6.07) is -0.0129. The van der Waals surface area contributed by atoms with Crippen LogP contribution in [0.5, 0.6) is 0 Å². The number of urea groups is 1. The summed E-state index contributed by atoms with van der Waals surface area (Å²) in [5, 5.41) is 7.13. The van der Waals surface area contributed by atoms with E-state index in [2.05, 4.69) is 27.4 Å². The van der Waals surface area contributed by atoms with E-state index >= 15 is 0 Å². The lowest BCUT2D eigenvalue weighted by molar-refractivity contribution is 0.141. The fourth-order valence-corrected chi connectivity index (χ4v) is 3.79. The summed E-state index contributed by atoms with van der Waals surface area (Å²) in [5.74, 6) is 0.550. The first kappa shape index (κ1) is 16.7. The molecule has 1 aliphatic heterocycles. The number of aromatic nitrogens is 1. The van der Waals surface area contributed by atoms with Crippen molar-refractivity contribution < 1.29 is 9.53 Å². The van der Waals surface area contributed by atoms with E-state index < -0.39 is 0 Å². The summed E-state index contributed by atoms with van der Waals surface area (Å²) in [7, 11) is 0. The van der Waals surface area contributed by atoms with Crippen molar-refractivity contribution in [1.29, 1.82) is 0 Å². The van der Waals surface area contributed by atoms with Gasteiger partial charge in [0, 0.05) is 43.9 Å². The molecule has 7 heteroatoms. The molecular formula is C16H26N4O2S. The lowest BCUT2D eigenvalue weighted by Gasteiger charge is -2.20. The molecule has 2 aliphatic rings. The standard InChI is InChI=1S/C16H26N4O2S/c1-12-11-18-15(23-12)14(13-3-4-13)19-16(21)17-5-7-20-6-2-9-22-10-8-20/h11,13-14H,2-10H2,1H3,(H2,17,19,21)/t14-/m1/s1. The number of carbonyl (C=O) groups excluding carboxylic acids is 1. The number of nitrogens with one attached hydrogen (secondary N) is 2. The second-order valence-corrected chi connectivity index (χ2v) is 7.60. The molecule has 1 saturated carbocycles. The number of carbonyl (C=O) groups is 1. The van der Waals surface area contributed by atoms with Gasteiger partial charge in [-0.15, -0.1) is 11.3 Å². The van der Waals surface area contributed by atoms with Crippen molar-refractivity contribution >= 4 is 17.4 Å². The summed E-state index contributed by atoms with van der Waals surface area (Å²) < 4.78 is 5.44. The second-order valence-electron chi connectivity index (χ2n) is 6.33. The van der Waals surface area contributed by atoms with Gasteiger partial charge < -0.3 is 15.4 Å². The molecule has 1 aliphatic carbocycles. The first-order valence-corrected chi connectivity index (χ1v) is 9.31. The zero-order valence-corrected chi connectivity index (χ0v) is 14.5. The predicted molar refractivity (Wildman–Crippen MR) is 90.7 cm³/mol. The lowest BCUT2D eigenvalue weighted by atomic mass is 10.2. The summed E-state index contributed by atoms with van der Waals surface area (Å²) in [5.41, 5.74) is 0. The van der Waals surface area contributed by atoms with Crippen LogP contribution in [0.1, 0.15) is 35.2 Å². The number of aryl methyl sites for hydroxylation is 1. The molecule has 0 radical (unpaired) electrons. The van der Waals surface area contributed by atoms with E-state index in [0.29, 0.717) is 12.5 Å². The van der Waals surface area contributed by atoms with Gasteiger partial charge >= 0.3 is 6.03 Å². The molecule has 0 bridgehead atoms. The highest BCUT2D eigenvalue weighted by Crippen LogP contribution is 2.41. The quantitative estimate of drug-likeness (QED) is 0.832. The van der Waals surface area contributed by atoms with Gasteiger partial charge in [0.25, 0.3) is 0 Å². The zero-order valence-electron chi connectivity index (χ0n) is 13.7. The van der Waals surface area contributed by atoms with Crippen LogP contribution in [0.2, 0.25) is 0 Å². The van der Waals surface area contributed by atoms with Gasteiger partial charge in [0.1, 0.15) is 5.01 Å². The van der Waals surface area contributed by atoms with Crippen LogP contribution in [-0.4, -0.2) is 55.3 Å². The van der Waals surface area contributed by atoms with Gasteiger partial charge in [-0.05, 0) is 32.1 Å². The Labute approximate surface area is 141 Å². The van der Waals surface area contributed by atoms with E-state index in [1.807, 2.05) is 6.20 Å². The van der Waals surface area contributed by atoms with Crippen LogP contribution < -0.4 is 10.6 Å². The van der Waals surface area contributed by atoms with Crippen molar-refractivity contribution in [2.75, 3.05) is 39.4 Å². The molecule has 3 rings (SSSR count). The van der Waals surface area contributed by atoms with Crippen molar-refractivity contribution in [2.24, 2.45) is 5.92 Å². The summed E-state index contributed by atoms with van der Waals surface area (Å²) >= 11 is 1.68. The predicted octanol–water partition coefficient (Wildman–Crippen LogP) is 1.92. The highest BCUT2D eigenvalue weighted by molar-refractivity contribution is 7.11. The molecule has 2 N–H and O–H groups in total. The number of ether oxygens (including phenoxy) is 1. The summed E-state index contributed by atoms with van der Waals surface area (Å²) in [4.78, 5) is 20.2. The highest BCUT2D eigenvalue weighted by atomic mass is 32.1. The Hall–Kier alpha value is -1.18. The van der Waals surface area contributed by atoms with Crippen molar-refractivity contribution in [3.8, 4) is 0 Å². The zero-order chi connectivity index (χ0) is 16.1. The van der Waals surface area contributed by atoms with E-state index in [-0.39, 0.29) is 12.1 Å². The maximum atomic E-state index is 12.2. The summed E-state index contributed by atoms with van der Waals surface area (Å²) in [6.07, 6.45) is 5.31. The highest BCUT2D eigenvalue weighted by Gasteiger charge is 2.35. The topological polar surface area (TPSA) is 66.5 Å². The van der Waals surface area contributed by atoms with Crippen LogP contribution in [0.3, 0.4) is 0 Å².